The van der Waals surface area contributed by atoms with Crippen molar-refractivity contribution in [2.75, 3.05) is 11.9 Å². The van der Waals surface area contributed by atoms with E-state index in [1.165, 1.54) is 34.1 Å². The van der Waals surface area contributed by atoms with Gasteiger partial charge in [-0.2, -0.15) is 0 Å². The van der Waals surface area contributed by atoms with Gasteiger partial charge >= 0.3 is 5.97 Å². The number of amides is 1. The lowest BCUT2D eigenvalue weighted by atomic mass is 10.3. The van der Waals surface area contributed by atoms with Crippen LogP contribution in [0.25, 0.3) is 9.88 Å². The molecule has 0 saturated heterocycles. The number of nitrogens with one attached hydrogen (secondary N) is 1. The molecule has 0 unspecified atom stereocenters. The van der Waals surface area contributed by atoms with Gasteiger partial charge in [0.2, 0.25) is 0 Å². The van der Waals surface area contributed by atoms with Crippen LogP contribution in [0.15, 0.2) is 41.1 Å². The predicted molar refractivity (Wildman–Crippen MR) is 90.7 cm³/mol. The van der Waals surface area contributed by atoms with Crippen LogP contribution in [0.4, 0.5) is 14.5 Å². The second-order valence-corrected chi connectivity index (χ2v) is 6.54. The van der Waals surface area contributed by atoms with E-state index in [0.717, 1.165) is 17.0 Å². The number of benzene rings is 1. The van der Waals surface area contributed by atoms with Crippen molar-refractivity contribution in [2.45, 2.75) is 0 Å². The largest absolute Gasteiger partial charge is 0.451 e. The molecular formula is C16H10F2N2O3S2. The molecule has 9 heteroatoms. The second-order valence-electron chi connectivity index (χ2n) is 4.74. The van der Waals surface area contributed by atoms with E-state index in [2.05, 4.69) is 4.98 Å². The van der Waals surface area contributed by atoms with E-state index in [-0.39, 0.29) is 5.69 Å². The summed E-state index contributed by atoms with van der Waals surface area (Å²) >= 11 is 2.76. The van der Waals surface area contributed by atoms with Crippen LogP contribution in [0.5, 0.6) is 0 Å². The van der Waals surface area contributed by atoms with E-state index in [1.54, 1.807) is 0 Å². The number of nitrogens with zero attached hydrogens (tertiary/aromatic N) is 1. The van der Waals surface area contributed by atoms with E-state index >= 15 is 0 Å². The predicted octanol–water partition coefficient (Wildman–Crippen LogP) is 3.95. The Morgan fingerprint density at radius 2 is 1.88 bits per heavy atom. The first-order chi connectivity index (χ1) is 12.0. The van der Waals surface area contributed by atoms with Gasteiger partial charge in [0.05, 0.1) is 4.88 Å². The number of anilines is 1. The van der Waals surface area contributed by atoms with Crippen LogP contribution in [-0.2, 0) is 9.53 Å². The number of halogens is 2. The molecule has 25 heavy (non-hydrogen) atoms. The molecule has 3 rings (SSSR count). The maximum atomic E-state index is 13.4. The van der Waals surface area contributed by atoms with Gasteiger partial charge in [-0.25, -0.2) is 18.6 Å². The molecule has 0 fully saturated rings. The Kier molecular flexibility index (Phi) is 5.15. The third-order valence-electron chi connectivity index (χ3n) is 3.01. The van der Waals surface area contributed by atoms with Gasteiger partial charge in [-0.3, -0.25) is 4.79 Å². The first-order valence-electron chi connectivity index (χ1n) is 6.95. The molecule has 0 atom stereocenters. The average molecular weight is 380 g/mol. The maximum Gasteiger partial charge on any atom is 0.358 e. The molecular weight excluding hydrogens is 370 g/mol. The topological polar surface area (TPSA) is 68.3 Å². The van der Waals surface area contributed by atoms with Crippen LogP contribution in [0.2, 0.25) is 0 Å². The summed E-state index contributed by atoms with van der Waals surface area (Å²) in [6.07, 6.45) is 0. The van der Waals surface area contributed by atoms with Crippen molar-refractivity contribution >= 4 is 40.2 Å². The summed E-state index contributed by atoms with van der Waals surface area (Å²) in [6.45, 7) is -0.682. The minimum absolute atomic E-state index is 0.0678. The van der Waals surface area contributed by atoms with E-state index in [4.69, 9.17) is 4.74 Å². The molecule has 0 aliphatic carbocycles. The summed E-state index contributed by atoms with van der Waals surface area (Å²) < 4.78 is 31.7. The number of hydrogen-bond acceptors (Lipinski definition) is 6. The molecule has 2 aromatic heterocycles. The summed E-state index contributed by atoms with van der Waals surface area (Å²) in [7, 11) is 0. The number of hydrogen-bond donors (Lipinski definition) is 1. The lowest BCUT2D eigenvalue weighted by Crippen LogP contribution is -2.22. The van der Waals surface area contributed by atoms with Crippen molar-refractivity contribution in [1.82, 2.24) is 4.98 Å². The van der Waals surface area contributed by atoms with Gasteiger partial charge < -0.3 is 10.1 Å². The third-order valence-corrected chi connectivity index (χ3v) is 4.89. The Labute approximate surface area is 148 Å². The van der Waals surface area contributed by atoms with Crippen molar-refractivity contribution in [3.63, 3.8) is 0 Å². The maximum absolute atomic E-state index is 13.4. The zero-order chi connectivity index (χ0) is 17.8. The number of carbonyl (C=O) groups is 2. The highest BCUT2D eigenvalue weighted by Crippen LogP contribution is 2.28. The molecule has 3 aromatic rings. The van der Waals surface area contributed by atoms with Crippen molar-refractivity contribution in [2.24, 2.45) is 0 Å². The number of ether oxygens (including phenoxy) is 1. The fourth-order valence-electron chi connectivity index (χ4n) is 1.88. The number of rotatable bonds is 5. The first-order valence-corrected chi connectivity index (χ1v) is 8.71. The minimum atomic E-state index is -0.917. The van der Waals surface area contributed by atoms with Gasteiger partial charge in [0, 0.05) is 5.38 Å². The highest BCUT2D eigenvalue weighted by molar-refractivity contribution is 7.20. The number of para-hydroxylation sites is 1. The van der Waals surface area contributed by atoms with E-state index < -0.39 is 35.8 Å². The van der Waals surface area contributed by atoms with E-state index in [0.29, 0.717) is 5.01 Å². The Bertz CT molecular complexity index is 890. The van der Waals surface area contributed by atoms with E-state index in [1.807, 2.05) is 22.8 Å². The summed E-state index contributed by atoms with van der Waals surface area (Å²) in [5.74, 6) is -3.48. The summed E-state index contributed by atoms with van der Waals surface area (Å²) in [6, 6.07) is 6.92. The molecule has 128 valence electrons. The monoisotopic (exact) mass is 380 g/mol. The van der Waals surface area contributed by atoms with Gasteiger partial charge in [0.25, 0.3) is 5.91 Å². The Balaban J connectivity index is 1.58. The molecule has 5 nitrogen and oxygen atoms in total. The Hall–Kier alpha value is -2.65. The van der Waals surface area contributed by atoms with Crippen molar-refractivity contribution in [1.29, 1.82) is 0 Å². The fourth-order valence-corrected chi connectivity index (χ4v) is 3.48. The van der Waals surface area contributed by atoms with Gasteiger partial charge in [-0.05, 0) is 23.6 Å². The summed E-state index contributed by atoms with van der Waals surface area (Å²) in [5.41, 5.74) is -0.518. The fraction of sp³-hybridized carbons (Fsp3) is 0.0625. The van der Waals surface area contributed by atoms with Crippen molar-refractivity contribution in [3.05, 3.63) is 58.4 Å². The first kappa shape index (κ1) is 17.2. The van der Waals surface area contributed by atoms with Crippen molar-refractivity contribution < 1.29 is 23.1 Å². The number of thiophene rings is 1. The molecule has 1 N–H and O–H groups in total. The van der Waals surface area contributed by atoms with Crippen LogP contribution in [0.3, 0.4) is 0 Å². The highest BCUT2D eigenvalue weighted by atomic mass is 32.1. The Morgan fingerprint density at radius 3 is 2.56 bits per heavy atom. The molecule has 0 saturated carbocycles. The molecule has 0 aliphatic rings. The minimum Gasteiger partial charge on any atom is -0.451 e. The lowest BCUT2D eigenvalue weighted by Gasteiger charge is -2.07. The summed E-state index contributed by atoms with van der Waals surface area (Å²) in [5, 5.41) is 6.11. The number of esters is 1. The molecule has 0 radical (unpaired) electrons. The van der Waals surface area contributed by atoms with Gasteiger partial charge in [-0.15, -0.1) is 22.7 Å². The van der Waals surface area contributed by atoms with Crippen LogP contribution in [0.1, 0.15) is 10.5 Å². The quantitative estimate of drug-likeness (QED) is 0.681. The standard InChI is InChI=1S/C16H10F2N2O3S2/c17-9-3-1-4-10(18)14(9)20-13(21)7-23-16(22)11-8-25-15(19-11)12-5-2-6-24-12/h1-6,8H,7H2,(H,20,21). The highest BCUT2D eigenvalue weighted by Gasteiger charge is 2.17. The second kappa shape index (κ2) is 7.49. The molecule has 2 heterocycles. The van der Waals surface area contributed by atoms with Crippen LogP contribution < -0.4 is 5.32 Å². The molecule has 1 aromatic carbocycles. The zero-order valence-electron chi connectivity index (χ0n) is 12.5. The molecule has 0 bridgehead atoms. The van der Waals surface area contributed by atoms with Crippen molar-refractivity contribution in [3.8, 4) is 9.88 Å². The smallest absolute Gasteiger partial charge is 0.358 e. The average Bonchev–Trinajstić information content (AvgIpc) is 3.27. The van der Waals surface area contributed by atoms with Crippen LogP contribution in [-0.4, -0.2) is 23.5 Å². The molecule has 0 aliphatic heterocycles. The lowest BCUT2D eigenvalue weighted by molar-refractivity contribution is -0.119. The van der Waals surface area contributed by atoms with Crippen LogP contribution in [0, 0.1) is 11.6 Å². The normalized spacial score (nSPS) is 10.5. The number of thiazole rings is 1. The SMILES string of the molecule is O=C(COC(=O)c1csc(-c2cccs2)n1)Nc1c(F)cccc1F. The summed E-state index contributed by atoms with van der Waals surface area (Å²) in [4.78, 5) is 28.7. The molecule has 0 spiro atoms. The number of aromatic nitrogens is 1. The molecule has 1 amide bonds. The Morgan fingerprint density at radius 1 is 1.12 bits per heavy atom. The van der Waals surface area contributed by atoms with E-state index in [9.17, 15) is 18.4 Å². The number of carbonyl (C=O) groups excluding carboxylic acids is 2. The zero-order valence-corrected chi connectivity index (χ0v) is 14.1. The van der Waals surface area contributed by atoms with Gasteiger partial charge in [-0.1, -0.05) is 12.1 Å². The van der Waals surface area contributed by atoms with Gasteiger partial charge in [0.15, 0.2) is 12.3 Å². The van der Waals surface area contributed by atoms with Gasteiger partial charge in [0.1, 0.15) is 22.3 Å². The van der Waals surface area contributed by atoms with Crippen LogP contribution >= 0.6 is 22.7 Å². The third kappa shape index (κ3) is 4.06.